The summed E-state index contributed by atoms with van der Waals surface area (Å²) in [6.45, 7) is 1.52. The van der Waals surface area contributed by atoms with Gasteiger partial charge < -0.3 is 9.13 Å². The number of rotatable bonds is 5. The average molecular weight is 352 g/mol. The fourth-order valence-electron chi connectivity index (χ4n) is 2.50. The summed E-state index contributed by atoms with van der Waals surface area (Å²) < 4.78 is 3.98. The third-order valence-corrected chi connectivity index (χ3v) is 4.05. The quantitative estimate of drug-likeness (QED) is 0.552. The molecule has 1 aromatic carbocycles. The minimum Gasteiger partial charge on any atom is -0.329 e. The van der Waals surface area contributed by atoms with Crippen LogP contribution in [-0.2, 0) is 13.1 Å². The Labute approximate surface area is 149 Å². The Bertz CT molecular complexity index is 944. The van der Waals surface area contributed by atoms with Gasteiger partial charge in [-0.2, -0.15) is 0 Å². The van der Waals surface area contributed by atoms with Gasteiger partial charge in [0.2, 0.25) is 0 Å². The van der Waals surface area contributed by atoms with Crippen molar-refractivity contribution in [2.75, 3.05) is 0 Å². The van der Waals surface area contributed by atoms with Gasteiger partial charge in [-0.3, -0.25) is 0 Å². The van der Waals surface area contributed by atoms with E-state index < -0.39 is 0 Å². The molecule has 25 heavy (non-hydrogen) atoms. The molecule has 0 saturated carbocycles. The van der Waals surface area contributed by atoms with E-state index in [-0.39, 0.29) is 0 Å². The van der Waals surface area contributed by atoms with Gasteiger partial charge in [-0.25, -0.2) is 15.0 Å². The van der Waals surface area contributed by atoms with Crippen LogP contribution in [-0.4, -0.2) is 34.3 Å². The fourth-order valence-corrected chi connectivity index (χ4v) is 2.63. The maximum Gasteiger partial charge on any atom is 0.159 e. The second-order valence-electron chi connectivity index (χ2n) is 5.45. The average Bonchev–Trinajstić information content (AvgIpc) is 3.32. The molecule has 0 radical (unpaired) electrons. The Kier molecular flexibility index (Phi) is 4.22. The van der Waals surface area contributed by atoms with Gasteiger partial charge in [0.25, 0.3) is 0 Å². The first kappa shape index (κ1) is 15.5. The Balaban J connectivity index is 1.54. The monoisotopic (exact) mass is 351 g/mol. The second kappa shape index (κ2) is 6.82. The highest BCUT2D eigenvalue weighted by atomic mass is 35.5. The zero-order chi connectivity index (χ0) is 17.1. The summed E-state index contributed by atoms with van der Waals surface area (Å²) in [5.74, 6) is 1.48. The van der Waals surface area contributed by atoms with Crippen LogP contribution in [0.3, 0.4) is 0 Å². The number of hydrogen-bond acceptors (Lipinski definition) is 5. The molecule has 124 valence electrons. The zero-order valence-electron chi connectivity index (χ0n) is 13.2. The minimum atomic E-state index is 0.656. The van der Waals surface area contributed by atoms with E-state index >= 15 is 0 Å². The standard InChI is InChI=1S/C17H14ClN7/c18-15-3-1-13(2-4-15)16-20-9-14(10-21-16)17-19-5-6-25(17)8-7-24-11-22-23-12-24/h1-6,9-12H,7-8H2. The highest BCUT2D eigenvalue weighted by Gasteiger charge is 2.08. The van der Waals surface area contributed by atoms with E-state index in [1.54, 1.807) is 31.2 Å². The van der Waals surface area contributed by atoms with Crippen LogP contribution >= 0.6 is 11.6 Å². The number of hydrogen-bond donors (Lipinski definition) is 0. The maximum absolute atomic E-state index is 5.91. The SMILES string of the molecule is Clc1ccc(-c2ncc(-c3nccn3CCn3cnnc3)cn2)cc1. The molecule has 0 aliphatic rings. The maximum atomic E-state index is 5.91. The molecule has 0 aliphatic heterocycles. The molecule has 0 spiro atoms. The van der Waals surface area contributed by atoms with Crippen LogP contribution in [0.25, 0.3) is 22.8 Å². The summed E-state index contributed by atoms with van der Waals surface area (Å²) >= 11 is 5.91. The van der Waals surface area contributed by atoms with Crippen LogP contribution in [0.5, 0.6) is 0 Å². The van der Waals surface area contributed by atoms with Crippen molar-refractivity contribution in [2.45, 2.75) is 13.1 Å². The molecule has 8 heteroatoms. The molecule has 7 nitrogen and oxygen atoms in total. The molecule has 0 fully saturated rings. The van der Waals surface area contributed by atoms with Gasteiger partial charge in [0.15, 0.2) is 5.82 Å². The first-order chi connectivity index (χ1) is 12.3. The van der Waals surface area contributed by atoms with Crippen molar-refractivity contribution in [3.05, 3.63) is 66.7 Å². The van der Waals surface area contributed by atoms with E-state index in [1.165, 1.54) is 0 Å². The van der Waals surface area contributed by atoms with Crippen LogP contribution in [0.2, 0.25) is 5.02 Å². The Morgan fingerprint density at radius 1 is 0.840 bits per heavy atom. The molecule has 0 N–H and O–H groups in total. The lowest BCUT2D eigenvalue weighted by molar-refractivity contribution is 0.581. The predicted octanol–water partition coefficient (Wildman–Crippen LogP) is 2.95. The van der Waals surface area contributed by atoms with E-state index in [9.17, 15) is 0 Å². The Hall–Kier alpha value is -3.06. The number of halogens is 1. The highest BCUT2D eigenvalue weighted by molar-refractivity contribution is 6.30. The van der Waals surface area contributed by atoms with Crippen LogP contribution in [0.4, 0.5) is 0 Å². The normalized spacial score (nSPS) is 10.9. The van der Waals surface area contributed by atoms with Crippen LogP contribution < -0.4 is 0 Å². The van der Waals surface area contributed by atoms with Crippen molar-refractivity contribution in [2.24, 2.45) is 0 Å². The molecule has 0 amide bonds. The molecular weight excluding hydrogens is 338 g/mol. The van der Waals surface area contributed by atoms with E-state index in [0.29, 0.717) is 10.8 Å². The fraction of sp³-hybridized carbons (Fsp3) is 0.118. The van der Waals surface area contributed by atoms with Crippen molar-refractivity contribution in [1.29, 1.82) is 0 Å². The van der Waals surface area contributed by atoms with Gasteiger partial charge in [-0.15, -0.1) is 10.2 Å². The molecule has 0 atom stereocenters. The molecular formula is C17H14ClN7. The lowest BCUT2D eigenvalue weighted by atomic mass is 10.2. The molecule has 0 bridgehead atoms. The number of aryl methyl sites for hydroxylation is 2. The van der Waals surface area contributed by atoms with E-state index in [2.05, 4.69) is 29.7 Å². The van der Waals surface area contributed by atoms with Crippen molar-refractivity contribution in [1.82, 2.24) is 34.3 Å². The largest absolute Gasteiger partial charge is 0.329 e. The van der Waals surface area contributed by atoms with Crippen molar-refractivity contribution < 1.29 is 0 Å². The van der Waals surface area contributed by atoms with E-state index in [0.717, 1.165) is 30.0 Å². The van der Waals surface area contributed by atoms with Crippen LogP contribution in [0.15, 0.2) is 61.7 Å². The highest BCUT2D eigenvalue weighted by Crippen LogP contribution is 2.21. The lowest BCUT2D eigenvalue weighted by Crippen LogP contribution is -2.07. The summed E-state index contributed by atoms with van der Waals surface area (Å²) in [6.07, 6.45) is 10.7. The van der Waals surface area contributed by atoms with Gasteiger partial charge in [-0.05, 0) is 24.3 Å². The number of benzene rings is 1. The van der Waals surface area contributed by atoms with Crippen molar-refractivity contribution >= 4 is 11.6 Å². The first-order valence-electron chi connectivity index (χ1n) is 7.71. The number of imidazole rings is 1. The minimum absolute atomic E-state index is 0.656. The predicted molar refractivity (Wildman–Crippen MR) is 93.7 cm³/mol. The number of aromatic nitrogens is 7. The second-order valence-corrected chi connectivity index (χ2v) is 5.88. The van der Waals surface area contributed by atoms with Crippen LogP contribution in [0, 0.1) is 0 Å². The van der Waals surface area contributed by atoms with Gasteiger partial charge in [0.1, 0.15) is 18.5 Å². The Morgan fingerprint density at radius 2 is 1.56 bits per heavy atom. The molecule has 0 unspecified atom stereocenters. The molecule has 0 saturated heterocycles. The lowest BCUT2D eigenvalue weighted by Gasteiger charge is -2.08. The summed E-state index contributed by atoms with van der Waals surface area (Å²) in [5, 5.41) is 8.30. The molecule has 3 heterocycles. The zero-order valence-corrected chi connectivity index (χ0v) is 14.0. The first-order valence-corrected chi connectivity index (χ1v) is 8.09. The molecule has 4 rings (SSSR count). The number of nitrogens with zero attached hydrogens (tertiary/aromatic N) is 7. The smallest absolute Gasteiger partial charge is 0.159 e. The summed E-state index contributed by atoms with van der Waals surface area (Å²) in [7, 11) is 0. The van der Waals surface area contributed by atoms with Crippen molar-refractivity contribution in [3.8, 4) is 22.8 Å². The summed E-state index contributed by atoms with van der Waals surface area (Å²) in [6, 6.07) is 7.45. The van der Waals surface area contributed by atoms with Gasteiger partial charge in [0, 0.05) is 48.5 Å². The summed E-state index contributed by atoms with van der Waals surface area (Å²) in [4.78, 5) is 13.3. The molecule has 4 aromatic rings. The molecule has 3 aromatic heterocycles. The van der Waals surface area contributed by atoms with Crippen molar-refractivity contribution in [3.63, 3.8) is 0 Å². The van der Waals surface area contributed by atoms with Gasteiger partial charge in [-0.1, -0.05) is 11.6 Å². The summed E-state index contributed by atoms with van der Waals surface area (Å²) in [5.41, 5.74) is 1.79. The topological polar surface area (TPSA) is 74.3 Å². The Morgan fingerprint density at radius 3 is 2.28 bits per heavy atom. The van der Waals surface area contributed by atoms with E-state index in [1.807, 2.05) is 35.0 Å². The third-order valence-electron chi connectivity index (χ3n) is 3.79. The van der Waals surface area contributed by atoms with Gasteiger partial charge >= 0.3 is 0 Å². The van der Waals surface area contributed by atoms with Gasteiger partial charge in [0.05, 0.1) is 5.56 Å². The van der Waals surface area contributed by atoms with Crippen LogP contribution in [0.1, 0.15) is 0 Å². The molecule has 0 aliphatic carbocycles. The van der Waals surface area contributed by atoms with E-state index in [4.69, 9.17) is 11.6 Å². The third kappa shape index (κ3) is 3.41.